The molecule has 5 rings (SSSR count). The van der Waals surface area contributed by atoms with Crippen LogP contribution in [0.3, 0.4) is 0 Å². The number of benzene rings is 2. The Kier molecular flexibility index (Phi) is 5.15. The molecule has 0 unspecified atom stereocenters. The van der Waals surface area contributed by atoms with Crippen LogP contribution in [0.4, 0.5) is 5.69 Å². The summed E-state index contributed by atoms with van der Waals surface area (Å²) in [5, 5.41) is 19.6. The van der Waals surface area contributed by atoms with Crippen LogP contribution in [0.25, 0.3) is 16.3 Å². The molecule has 0 spiro atoms. The van der Waals surface area contributed by atoms with Crippen LogP contribution in [0.5, 0.6) is 5.75 Å². The highest BCUT2D eigenvalue weighted by Crippen LogP contribution is 2.39. The molecule has 0 aliphatic carbocycles. The number of nitrogens with zero attached hydrogens (tertiary/aromatic N) is 2. The first-order valence-electron chi connectivity index (χ1n) is 10.1. The number of thiophene rings is 1. The largest absolute Gasteiger partial charge is 0.505 e. The van der Waals surface area contributed by atoms with Gasteiger partial charge in [0.15, 0.2) is 5.75 Å². The zero-order valence-corrected chi connectivity index (χ0v) is 19.2. The van der Waals surface area contributed by atoms with Gasteiger partial charge in [-0.2, -0.15) is 5.10 Å². The molecule has 0 bridgehead atoms. The van der Waals surface area contributed by atoms with E-state index in [-0.39, 0.29) is 34.1 Å². The number of nitrogens with one attached hydrogen (secondary N) is 1. The summed E-state index contributed by atoms with van der Waals surface area (Å²) in [6.07, 6.45) is 0. The van der Waals surface area contributed by atoms with E-state index in [1.165, 1.54) is 22.1 Å². The highest BCUT2D eigenvalue weighted by Gasteiger charge is 2.29. The van der Waals surface area contributed by atoms with Gasteiger partial charge < -0.3 is 10.4 Å². The van der Waals surface area contributed by atoms with Crippen LogP contribution >= 0.6 is 11.3 Å². The average Bonchev–Trinajstić information content (AvgIpc) is 3.22. The molecular weight excluding hydrogens is 458 g/mol. The van der Waals surface area contributed by atoms with Gasteiger partial charge in [-0.25, -0.2) is 13.1 Å². The predicted molar refractivity (Wildman–Crippen MR) is 129 cm³/mol. The first kappa shape index (κ1) is 21.2. The first-order valence-corrected chi connectivity index (χ1v) is 12.5. The zero-order valence-electron chi connectivity index (χ0n) is 17.5. The molecule has 2 aromatic heterocycles. The van der Waals surface area contributed by atoms with Gasteiger partial charge in [-0.15, -0.1) is 11.3 Å². The number of hydrogen-bond acceptors (Lipinski definition) is 7. The van der Waals surface area contributed by atoms with E-state index in [9.17, 15) is 18.3 Å². The monoisotopic (exact) mass is 477 g/mol. The molecule has 0 radical (unpaired) electrons. The quantitative estimate of drug-likeness (QED) is 0.456. The molecule has 0 fully saturated rings. The molecule has 7 nitrogen and oxygen atoms in total. The van der Waals surface area contributed by atoms with Crippen molar-refractivity contribution in [2.45, 2.75) is 18.4 Å². The molecule has 166 valence electrons. The van der Waals surface area contributed by atoms with Gasteiger partial charge in [0.25, 0.3) is 5.56 Å². The summed E-state index contributed by atoms with van der Waals surface area (Å²) in [5.74, 6) is -0.362. The summed E-state index contributed by atoms with van der Waals surface area (Å²) < 4.78 is 27.0. The van der Waals surface area contributed by atoms with Crippen molar-refractivity contribution in [3.8, 4) is 16.3 Å². The number of aromatic hydroxyl groups is 1. The fourth-order valence-corrected chi connectivity index (χ4v) is 5.89. The Morgan fingerprint density at radius 2 is 1.76 bits per heavy atom. The maximum Gasteiger partial charge on any atom is 0.280 e. The standard InChI is InChI=1S/C24H19N3O4S2/c1-15-11-12-19(32-15)22-23(28)21(24(29)27(26-22)13-16-7-3-2-4-8-16)18-14-33(30,31)20-10-6-5-9-17(20)25-18/h2-12,14,25,28H,13H2,1H3. The van der Waals surface area contributed by atoms with Crippen molar-refractivity contribution in [2.24, 2.45) is 0 Å². The van der Waals surface area contributed by atoms with E-state index in [1.807, 2.05) is 49.4 Å². The van der Waals surface area contributed by atoms with Crippen molar-refractivity contribution in [1.82, 2.24) is 9.78 Å². The van der Waals surface area contributed by atoms with E-state index in [4.69, 9.17) is 0 Å². The third-order valence-corrected chi connectivity index (χ3v) is 7.81. The summed E-state index contributed by atoms with van der Waals surface area (Å²) in [7, 11) is -3.82. The van der Waals surface area contributed by atoms with Gasteiger partial charge in [-0.1, -0.05) is 42.5 Å². The summed E-state index contributed by atoms with van der Waals surface area (Å²) in [4.78, 5) is 15.3. The van der Waals surface area contributed by atoms with Gasteiger partial charge in [0.05, 0.1) is 33.1 Å². The van der Waals surface area contributed by atoms with Crippen LogP contribution < -0.4 is 10.9 Å². The molecule has 33 heavy (non-hydrogen) atoms. The lowest BCUT2D eigenvalue weighted by Gasteiger charge is -2.21. The van der Waals surface area contributed by atoms with Crippen LogP contribution in [-0.2, 0) is 16.4 Å². The summed E-state index contributed by atoms with van der Waals surface area (Å²) in [6, 6.07) is 19.5. The van der Waals surface area contributed by atoms with Gasteiger partial charge >= 0.3 is 0 Å². The van der Waals surface area contributed by atoms with Gasteiger partial charge in [-0.05, 0) is 36.8 Å². The van der Waals surface area contributed by atoms with Crippen molar-refractivity contribution >= 4 is 32.6 Å². The molecule has 1 aliphatic heterocycles. The molecule has 2 N–H and O–H groups in total. The number of fused-ring (bicyclic) bond motifs is 1. The SMILES string of the molecule is Cc1ccc(-c2nn(Cc3ccccc3)c(=O)c(C3=CS(=O)(=O)c4ccccc4N3)c2O)s1. The number of hydrogen-bond donors (Lipinski definition) is 2. The van der Waals surface area contributed by atoms with Crippen molar-refractivity contribution in [3.63, 3.8) is 0 Å². The van der Waals surface area contributed by atoms with Crippen molar-refractivity contribution in [2.75, 3.05) is 5.32 Å². The lowest BCUT2D eigenvalue weighted by molar-refractivity contribution is 0.463. The minimum Gasteiger partial charge on any atom is -0.505 e. The van der Waals surface area contributed by atoms with E-state index in [0.717, 1.165) is 15.8 Å². The highest BCUT2D eigenvalue weighted by atomic mass is 32.2. The number of aromatic nitrogens is 2. The second-order valence-electron chi connectivity index (χ2n) is 7.63. The van der Waals surface area contributed by atoms with Gasteiger partial charge in [-0.3, -0.25) is 4.79 Å². The fourth-order valence-electron chi connectivity index (χ4n) is 3.73. The maximum absolute atomic E-state index is 13.5. The molecule has 1 aliphatic rings. The fraction of sp³-hybridized carbons (Fsp3) is 0.0833. The predicted octanol–water partition coefficient (Wildman–Crippen LogP) is 4.23. The van der Waals surface area contributed by atoms with Crippen molar-refractivity contribution in [3.05, 3.63) is 98.5 Å². The second kappa shape index (κ2) is 8.02. The topological polar surface area (TPSA) is 101 Å². The zero-order chi connectivity index (χ0) is 23.2. The smallest absolute Gasteiger partial charge is 0.280 e. The Morgan fingerprint density at radius 3 is 2.48 bits per heavy atom. The normalized spacial score (nSPS) is 14.3. The van der Waals surface area contributed by atoms with Crippen LogP contribution in [0.1, 0.15) is 16.0 Å². The average molecular weight is 478 g/mol. The Labute approximate surface area is 194 Å². The molecule has 2 aromatic carbocycles. The number of para-hydroxylation sites is 1. The molecule has 0 saturated heterocycles. The third-order valence-electron chi connectivity index (χ3n) is 5.28. The number of sulfone groups is 1. The summed E-state index contributed by atoms with van der Waals surface area (Å²) in [5.41, 5.74) is 0.684. The van der Waals surface area contributed by atoms with Gasteiger partial charge in [0, 0.05) is 4.88 Å². The van der Waals surface area contributed by atoms with Crippen LogP contribution in [-0.4, -0.2) is 23.3 Å². The number of aryl methyl sites for hydroxylation is 1. The Balaban J connectivity index is 1.74. The lowest BCUT2D eigenvalue weighted by atomic mass is 10.1. The second-order valence-corrected chi connectivity index (χ2v) is 10.7. The minimum atomic E-state index is -3.82. The molecule has 3 heterocycles. The first-order chi connectivity index (χ1) is 15.8. The van der Waals surface area contributed by atoms with E-state index in [1.54, 1.807) is 18.2 Å². The Hall–Kier alpha value is -3.69. The molecule has 0 saturated carbocycles. The summed E-state index contributed by atoms with van der Waals surface area (Å²) in [6.45, 7) is 2.10. The van der Waals surface area contributed by atoms with Gasteiger partial charge in [0.2, 0.25) is 9.84 Å². The molecular formula is C24H19N3O4S2. The van der Waals surface area contributed by atoms with E-state index < -0.39 is 15.4 Å². The lowest BCUT2D eigenvalue weighted by Crippen LogP contribution is -2.29. The van der Waals surface area contributed by atoms with E-state index in [2.05, 4.69) is 10.4 Å². The molecule has 4 aromatic rings. The van der Waals surface area contributed by atoms with Crippen molar-refractivity contribution < 1.29 is 13.5 Å². The van der Waals surface area contributed by atoms with E-state index >= 15 is 0 Å². The Morgan fingerprint density at radius 1 is 1.03 bits per heavy atom. The van der Waals surface area contributed by atoms with Crippen LogP contribution in [0, 0.1) is 6.92 Å². The third kappa shape index (κ3) is 3.85. The molecule has 0 atom stereocenters. The van der Waals surface area contributed by atoms with Crippen molar-refractivity contribution in [1.29, 1.82) is 0 Å². The summed E-state index contributed by atoms with van der Waals surface area (Å²) >= 11 is 1.42. The van der Waals surface area contributed by atoms with Crippen LogP contribution in [0.15, 0.2) is 81.8 Å². The van der Waals surface area contributed by atoms with Crippen LogP contribution in [0.2, 0.25) is 0 Å². The minimum absolute atomic E-state index is 0.00920. The number of anilines is 1. The highest BCUT2D eigenvalue weighted by molar-refractivity contribution is 7.94. The molecule has 0 amide bonds. The number of rotatable bonds is 4. The maximum atomic E-state index is 13.5. The van der Waals surface area contributed by atoms with E-state index in [0.29, 0.717) is 10.6 Å². The molecule has 9 heteroatoms. The Bertz CT molecular complexity index is 1570. The van der Waals surface area contributed by atoms with Gasteiger partial charge in [0.1, 0.15) is 11.3 Å².